The van der Waals surface area contributed by atoms with Crippen LogP contribution in [0.5, 0.6) is 0 Å². The molecule has 0 amide bonds. The monoisotopic (exact) mass is 195 g/mol. The molecule has 3 saturated carbocycles. The Hall–Kier alpha value is -0.500. The number of hydrogen-bond acceptors (Lipinski definition) is 2. The third kappa shape index (κ3) is 1.28. The van der Waals surface area contributed by atoms with Crippen LogP contribution in [0.2, 0.25) is 0 Å². The molecule has 0 aliphatic heterocycles. The van der Waals surface area contributed by atoms with Crippen LogP contribution in [0.4, 0.5) is 0 Å². The highest BCUT2D eigenvalue weighted by Crippen LogP contribution is 2.59. The number of ether oxygens (including phenoxy) is 1. The van der Waals surface area contributed by atoms with Gasteiger partial charge in [-0.05, 0) is 50.5 Å². The Labute approximate surface area is 86.5 Å². The van der Waals surface area contributed by atoms with Gasteiger partial charge in [-0.3, -0.25) is 0 Å². The van der Waals surface area contributed by atoms with Crippen LogP contribution < -0.4 is 5.73 Å². The summed E-state index contributed by atoms with van der Waals surface area (Å²) in [6.07, 6.45) is 7.51. The minimum atomic E-state index is 0.297. The lowest BCUT2D eigenvalue weighted by Crippen LogP contribution is -2.46. The molecule has 2 bridgehead atoms. The van der Waals surface area contributed by atoms with E-state index in [1.807, 2.05) is 0 Å². The third-order valence-electron chi connectivity index (χ3n) is 4.67. The van der Waals surface area contributed by atoms with Crippen LogP contribution in [0.25, 0.3) is 0 Å². The molecule has 3 rings (SSSR count). The first-order valence-electron chi connectivity index (χ1n) is 5.60. The molecule has 3 aliphatic carbocycles. The van der Waals surface area contributed by atoms with Gasteiger partial charge in [-0.15, -0.1) is 0 Å². The Morgan fingerprint density at radius 3 is 2.07 bits per heavy atom. The molecule has 0 unspecified atom stereocenters. The molecule has 14 heavy (non-hydrogen) atoms. The lowest BCUT2D eigenvalue weighted by molar-refractivity contribution is -0.00994. The summed E-state index contributed by atoms with van der Waals surface area (Å²) in [6.45, 7) is 4.92. The molecule has 0 radical (unpaired) electrons. The van der Waals surface area contributed by atoms with Gasteiger partial charge >= 0.3 is 0 Å². The Morgan fingerprint density at radius 2 is 1.71 bits per heavy atom. The fourth-order valence-corrected chi connectivity index (χ4v) is 3.20. The summed E-state index contributed by atoms with van der Waals surface area (Å²) >= 11 is 0. The predicted octanol–water partition coefficient (Wildman–Crippen LogP) is 2.45. The second-order valence-electron chi connectivity index (χ2n) is 5.11. The maximum atomic E-state index is 5.87. The normalized spacial score (nSPS) is 41.0. The van der Waals surface area contributed by atoms with Crippen LogP contribution in [0, 0.1) is 10.8 Å². The standard InChI is InChI=1S/C12H21NO/c1-10(14-2)12-6-3-11(9-13,4-7-12)5-8-12/h1,3-9,13H2,2H3. The molecule has 3 aliphatic rings. The first-order chi connectivity index (χ1) is 6.66. The zero-order chi connectivity index (χ0) is 10.2. The molecule has 0 aromatic carbocycles. The van der Waals surface area contributed by atoms with E-state index < -0.39 is 0 Å². The van der Waals surface area contributed by atoms with Crippen molar-refractivity contribution in [3.63, 3.8) is 0 Å². The van der Waals surface area contributed by atoms with Crippen molar-refractivity contribution >= 4 is 0 Å². The van der Waals surface area contributed by atoms with E-state index in [2.05, 4.69) is 6.58 Å². The van der Waals surface area contributed by atoms with Gasteiger partial charge in [0.1, 0.15) is 0 Å². The summed E-state index contributed by atoms with van der Waals surface area (Å²) in [5, 5.41) is 0. The summed E-state index contributed by atoms with van der Waals surface area (Å²) in [7, 11) is 1.75. The summed E-state index contributed by atoms with van der Waals surface area (Å²) in [5.41, 5.74) is 6.64. The molecule has 0 heterocycles. The van der Waals surface area contributed by atoms with Crippen molar-refractivity contribution in [2.75, 3.05) is 13.7 Å². The first-order valence-corrected chi connectivity index (χ1v) is 5.60. The van der Waals surface area contributed by atoms with Crippen LogP contribution in [-0.2, 0) is 4.74 Å². The Balaban J connectivity index is 2.12. The minimum absolute atomic E-state index is 0.297. The van der Waals surface area contributed by atoms with E-state index in [1.54, 1.807) is 7.11 Å². The van der Waals surface area contributed by atoms with Gasteiger partial charge in [0, 0.05) is 5.41 Å². The van der Waals surface area contributed by atoms with Gasteiger partial charge in [0.15, 0.2) is 0 Å². The first kappa shape index (κ1) is 10.0. The van der Waals surface area contributed by atoms with Gasteiger partial charge in [-0.2, -0.15) is 0 Å². The highest BCUT2D eigenvalue weighted by Gasteiger charge is 2.49. The van der Waals surface area contributed by atoms with Gasteiger partial charge in [0.25, 0.3) is 0 Å². The predicted molar refractivity (Wildman–Crippen MR) is 57.8 cm³/mol. The van der Waals surface area contributed by atoms with Crippen molar-refractivity contribution < 1.29 is 4.74 Å². The second-order valence-corrected chi connectivity index (χ2v) is 5.11. The van der Waals surface area contributed by atoms with Gasteiger partial charge < -0.3 is 10.5 Å². The average molecular weight is 195 g/mol. The Bertz CT molecular complexity index is 222. The SMILES string of the molecule is C=C(OC)C12CCC(CN)(CC1)CC2. The highest BCUT2D eigenvalue weighted by molar-refractivity contribution is 5.12. The van der Waals surface area contributed by atoms with Crippen molar-refractivity contribution in [3.05, 3.63) is 12.3 Å². The number of hydrogen-bond donors (Lipinski definition) is 1. The van der Waals surface area contributed by atoms with E-state index in [4.69, 9.17) is 10.5 Å². The minimum Gasteiger partial charge on any atom is -0.501 e. The molecular formula is C12H21NO. The van der Waals surface area contributed by atoms with Crippen molar-refractivity contribution in [1.82, 2.24) is 0 Å². The maximum Gasteiger partial charge on any atom is 0.0945 e. The average Bonchev–Trinajstić information content (AvgIpc) is 2.30. The van der Waals surface area contributed by atoms with Crippen LogP contribution in [-0.4, -0.2) is 13.7 Å². The lowest BCUT2D eigenvalue weighted by Gasteiger charge is -2.53. The largest absolute Gasteiger partial charge is 0.501 e. The molecule has 0 aromatic heterocycles. The smallest absolute Gasteiger partial charge is 0.0945 e. The second kappa shape index (κ2) is 3.27. The molecule has 0 atom stereocenters. The van der Waals surface area contributed by atoms with E-state index in [1.165, 1.54) is 38.5 Å². The van der Waals surface area contributed by atoms with Crippen molar-refractivity contribution in [2.24, 2.45) is 16.6 Å². The molecule has 0 spiro atoms. The molecule has 2 heteroatoms. The molecule has 80 valence electrons. The molecule has 2 N–H and O–H groups in total. The van der Waals surface area contributed by atoms with E-state index in [0.29, 0.717) is 10.8 Å². The zero-order valence-electron chi connectivity index (χ0n) is 9.14. The zero-order valence-corrected chi connectivity index (χ0v) is 9.14. The highest BCUT2D eigenvalue weighted by atomic mass is 16.5. The Kier molecular flexibility index (Phi) is 2.34. The topological polar surface area (TPSA) is 35.2 Å². The number of fused-ring (bicyclic) bond motifs is 3. The van der Waals surface area contributed by atoms with Gasteiger partial charge in [0.05, 0.1) is 12.9 Å². The fraction of sp³-hybridized carbons (Fsp3) is 0.833. The van der Waals surface area contributed by atoms with Gasteiger partial charge in [-0.1, -0.05) is 6.58 Å². The number of nitrogens with two attached hydrogens (primary N) is 1. The molecule has 3 fully saturated rings. The fourth-order valence-electron chi connectivity index (χ4n) is 3.20. The lowest BCUT2D eigenvalue weighted by atomic mass is 9.53. The molecule has 2 nitrogen and oxygen atoms in total. The van der Waals surface area contributed by atoms with E-state index >= 15 is 0 Å². The third-order valence-corrected chi connectivity index (χ3v) is 4.67. The van der Waals surface area contributed by atoms with E-state index in [-0.39, 0.29) is 0 Å². The number of allylic oxidation sites excluding steroid dienone is 1. The molecule has 0 saturated heterocycles. The molecular weight excluding hydrogens is 174 g/mol. The van der Waals surface area contributed by atoms with Crippen molar-refractivity contribution in [3.8, 4) is 0 Å². The summed E-state index contributed by atoms with van der Waals surface area (Å²) in [5.74, 6) is 1.00. The van der Waals surface area contributed by atoms with Crippen LogP contribution in [0.1, 0.15) is 38.5 Å². The quantitative estimate of drug-likeness (QED) is 0.702. The summed E-state index contributed by atoms with van der Waals surface area (Å²) < 4.78 is 5.35. The summed E-state index contributed by atoms with van der Waals surface area (Å²) in [6, 6.07) is 0. The summed E-state index contributed by atoms with van der Waals surface area (Å²) in [4.78, 5) is 0. The van der Waals surface area contributed by atoms with Crippen LogP contribution in [0.3, 0.4) is 0 Å². The van der Waals surface area contributed by atoms with Crippen molar-refractivity contribution in [1.29, 1.82) is 0 Å². The number of rotatable bonds is 3. The van der Waals surface area contributed by atoms with Crippen molar-refractivity contribution in [2.45, 2.75) is 38.5 Å². The van der Waals surface area contributed by atoms with Gasteiger partial charge in [-0.25, -0.2) is 0 Å². The Morgan fingerprint density at radius 1 is 1.21 bits per heavy atom. The molecule has 0 aromatic rings. The maximum absolute atomic E-state index is 5.87. The van der Waals surface area contributed by atoms with Crippen LogP contribution >= 0.6 is 0 Å². The van der Waals surface area contributed by atoms with Crippen LogP contribution in [0.15, 0.2) is 12.3 Å². The van der Waals surface area contributed by atoms with E-state index in [9.17, 15) is 0 Å². The number of methoxy groups -OCH3 is 1. The van der Waals surface area contributed by atoms with Gasteiger partial charge in [0.2, 0.25) is 0 Å². The van der Waals surface area contributed by atoms with E-state index in [0.717, 1.165) is 12.3 Å².